The summed E-state index contributed by atoms with van der Waals surface area (Å²) < 4.78 is 10.00. The second kappa shape index (κ2) is 6.58. The number of hydrogen-bond acceptors (Lipinski definition) is 5. The zero-order valence-electron chi connectivity index (χ0n) is 9.86. The van der Waals surface area contributed by atoms with Gasteiger partial charge in [0, 0.05) is 5.75 Å². The van der Waals surface area contributed by atoms with Crippen molar-refractivity contribution in [3.8, 4) is 0 Å². The molecule has 90 valence electrons. The monoisotopic (exact) mass is 243 g/mol. The molecule has 0 N–H and O–H groups in total. The Morgan fingerprint density at radius 1 is 1.62 bits per heavy atom. The number of oxazole rings is 1. The maximum Gasteiger partial charge on any atom is 0.360 e. The third-order valence-corrected chi connectivity index (χ3v) is 3.33. The molecule has 4 nitrogen and oxygen atoms in total. The van der Waals surface area contributed by atoms with Crippen LogP contribution in [0.1, 0.15) is 37.7 Å². The van der Waals surface area contributed by atoms with Gasteiger partial charge in [-0.2, -0.15) is 4.98 Å². The molecule has 0 aromatic carbocycles. The van der Waals surface area contributed by atoms with Crippen molar-refractivity contribution in [1.82, 2.24) is 4.98 Å². The van der Waals surface area contributed by atoms with Gasteiger partial charge in [0.25, 0.3) is 5.22 Å². The van der Waals surface area contributed by atoms with Crippen LogP contribution in [0.3, 0.4) is 0 Å². The fourth-order valence-electron chi connectivity index (χ4n) is 0.954. The second-order valence-corrected chi connectivity index (χ2v) is 4.51. The minimum Gasteiger partial charge on any atom is -0.461 e. The van der Waals surface area contributed by atoms with Crippen molar-refractivity contribution in [1.29, 1.82) is 0 Å². The van der Waals surface area contributed by atoms with E-state index in [1.54, 1.807) is 6.92 Å². The lowest BCUT2D eigenvalue weighted by atomic mass is 10.2. The molecule has 0 saturated carbocycles. The molecule has 1 heterocycles. The Morgan fingerprint density at radius 2 is 2.38 bits per heavy atom. The third kappa shape index (κ3) is 3.89. The summed E-state index contributed by atoms with van der Waals surface area (Å²) in [5, 5.41) is 0.531. The van der Waals surface area contributed by atoms with E-state index in [1.807, 2.05) is 0 Å². The molecule has 1 atom stereocenters. The number of carbonyl (C=O) groups is 1. The Hall–Kier alpha value is -0.970. The first-order valence-corrected chi connectivity index (χ1v) is 6.41. The molecule has 0 amide bonds. The van der Waals surface area contributed by atoms with E-state index in [2.05, 4.69) is 18.8 Å². The van der Waals surface area contributed by atoms with E-state index in [4.69, 9.17) is 9.15 Å². The smallest absolute Gasteiger partial charge is 0.360 e. The lowest BCUT2D eigenvalue weighted by molar-refractivity contribution is 0.0519. The molecular formula is C11H17NO3S. The van der Waals surface area contributed by atoms with Crippen LogP contribution in [0.5, 0.6) is 0 Å². The number of esters is 1. The summed E-state index contributed by atoms with van der Waals surface area (Å²) in [6, 6.07) is 0. The average molecular weight is 243 g/mol. The third-order valence-electron chi connectivity index (χ3n) is 2.16. The summed E-state index contributed by atoms with van der Waals surface area (Å²) >= 11 is 1.52. The van der Waals surface area contributed by atoms with Crippen LogP contribution in [-0.4, -0.2) is 23.3 Å². The molecule has 1 unspecified atom stereocenters. The maximum atomic E-state index is 11.3. The summed E-state index contributed by atoms with van der Waals surface area (Å²) in [7, 11) is 0. The Kier molecular flexibility index (Phi) is 5.38. The number of hydrogen-bond donors (Lipinski definition) is 0. The van der Waals surface area contributed by atoms with Crippen LogP contribution in [0.15, 0.2) is 15.9 Å². The quantitative estimate of drug-likeness (QED) is 0.568. The van der Waals surface area contributed by atoms with E-state index >= 15 is 0 Å². The summed E-state index contributed by atoms with van der Waals surface area (Å²) in [6.07, 6.45) is 2.47. The molecule has 1 rings (SSSR count). The fourth-order valence-corrected chi connectivity index (χ4v) is 1.90. The highest BCUT2D eigenvalue weighted by molar-refractivity contribution is 7.99. The van der Waals surface area contributed by atoms with Gasteiger partial charge in [0.2, 0.25) is 0 Å². The van der Waals surface area contributed by atoms with Gasteiger partial charge in [-0.05, 0) is 12.8 Å². The molecule has 1 aromatic heterocycles. The first kappa shape index (κ1) is 13.1. The van der Waals surface area contributed by atoms with Gasteiger partial charge in [-0.25, -0.2) is 4.79 Å². The number of carbonyl (C=O) groups excluding carboxylic acids is 1. The number of rotatable bonds is 6. The van der Waals surface area contributed by atoms with Crippen molar-refractivity contribution >= 4 is 17.7 Å². The standard InChI is InChI=1S/C11H17NO3S/c1-4-8(3)7-16-11-12-9(6-15-11)10(13)14-5-2/h6,8H,4-5,7H2,1-3H3. The molecule has 0 saturated heterocycles. The highest BCUT2D eigenvalue weighted by Gasteiger charge is 2.13. The number of thioether (sulfide) groups is 1. The summed E-state index contributed by atoms with van der Waals surface area (Å²) in [5.41, 5.74) is 0.244. The largest absolute Gasteiger partial charge is 0.461 e. The highest BCUT2D eigenvalue weighted by atomic mass is 32.2. The van der Waals surface area contributed by atoms with Gasteiger partial charge in [-0.3, -0.25) is 0 Å². The molecule has 0 spiro atoms. The summed E-state index contributed by atoms with van der Waals surface area (Å²) in [6.45, 7) is 6.42. The van der Waals surface area contributed by atoms with Crippen molar-refractivity contribution < 1.29 is 13.9 Å². The van der Waals surface area contributed by atoms with E-state index < -0.39 is 5.97 Å². The van der Waals surface area contributed by atoms with Crippen LogP contribution in [0.4, 0.5) is 0 Å². The van der Waals surface area contributed by atoms with E-state index in [9.17, 15) is 4.79 Å². The normalized spacial score (nSPS) is 12.4. The van der Waals surface area contributed by atoms with Gasteiger partial charge in [0.05, 0.1) is 6.61 Å². The van der Waals surface area contributed by atoms with Gasteiger partial charge in [-0.1, -0.05) is 32.0 Å². The summed E-state index contributed by atoms with van der Waals surface area (Å²) in [5.74, 6) is 1.13. The topological polar surface area (TPSA) is 52.3 Å². The number of ether oxygens (including phenoxy) is 1. The number of aromatic nitrogens is 1. The van der Waals surface area contributed by atoms with Crippen LogP contribution in [-0.2, 0) is 4.74 Å². The summed E-state index contributed by atoms with van der Waals surface area (Å²) in [4.78, 5) is 15.4. The van der Waals surface area contributed by atoms with Gasteiger partial charge < -0.3 is 9.15 Å². The van der Waals surface area contributed by atoms with Crippen molar-refractivity contribution in [3.63, 3.8) is 0 Å². The van der Waals surface area contributed by atoms with Crippen molar-refractivity contribution in [3.05, 3.63) is 12.0 Å². The Morgan fingerprint density at radius 3 is 3.00 bits per heavy atom. The van der Waals surface area contributed by atoms with Crippen LogP contribution in [0, 0.1) is 5.92 Å². The van der Waals surface area contributed by atoms with Crippen LogP contribution in [0.25, 0.3) is 0 Å². The molecule has 0 radical (unpaired) electrons. The van der Waals surface area contributed by atoms with Crippen molar-refractivity contribution in [2.24, 2.45) is 5.92 Å². The van der Waals surface area contributed by atoms with Crippen LogP contribution >= 0.6 is 11.8 Å². The van der Waals surface area contributed by atoms with Gasteiger partial charge >= 0.3 is 5.97 Å². The molecule has 16 heavy (non-hydrogen) atoms. The lowest BCUT2D eigenvalue weighted by Crippen LogP contribution is -2.04. The van der Waals surface area contributed by atoms with Crippen LogP contribution < -0.4 is 0 Å². The van der Waals surface area contributed by atoms with Gasteiger partial charge in [0.15, 0.2) is 5.69 Å². The molecular weight excluding hydrogens is 226 g/mol. The predicted molar refractivity (Wildman–Crippen MR) is 62.6 cm³/mol. The predicted octanol–water partition coefficient (Wildman–Crippen LogP) is 2.99. The van der Waals surface area contributed by atoms with E-state index in [1.165, 1.54) is 18.0 Å². The molecule has 1 aromatic rings. The first-order chi connectivity index (χ1) is 7.67. The Bertz CT molecular complexity index is 338. The molecule has 0 bridgehead atoms. The van der Waals surface area contributed by atoms with Gasteiger partial charge in [0.1, 0.15) is 6.26 Å². The Labute approximate surface area is 99.8 Å². The lowest BCUT2D eigenvalue weighted by Gasteiger charge is -2.03. The SMILES string of the molecule is CCOC(=O)c1coc(SCC(C)CC)n1. The highest BCUT2D eigenvalue weighted by Crippen LogP contribution is 2.21. The van der Waals surface area contributed by atoms with E-state index in [-0.39, 0.29) is 5.69 Å². The molecule has 0 aliphatic heterocycles. The average Bonchev–Trinajstić information content (AvgIpc) is 2.75. The second-order valence-electron chi connectivity index (χ2n) is 3.54. The van der Waals surface area contributed by atoms with Crippen LogP contribution in [0.2, 0.25) is 0 Å². The zero-order chi connectivity index (χ0) is 12.0. The zero-order valence-corrected chi connectivity index (χ0v) is 10.7. The molecule has 0 aliphatic carbocycles. The van der Waals surface area contributed by atoms with E-state index in [0.717, 1.165) is 12.2 Å². The van der Waals surface area contributed by atoms with Crippen molar-refractivity contribution in [2.75, 3.05) is 12.4 Å². The molecule has 0 fully saturated rings. The minimum atomic E-state index is -0.429. The van der Waals surface area contributed by atoms with E-state index in [0.29, 0.717) is 17.7 Å². The van der Waals surface area contributed by atoms with Gasteiger partial charge in [-0.15, -0.1) is 0 Å². The molecule has 5 heteroatoms. The maximum absolute atomic E-state index is 11.3. The molecule has 0 aliphatic rings. The fraction of sp³-hybridized carbons (Fsp3) is 0.636. The Balaban J connectivity index is 2.48. The first-order valence-electron chi connectivity index (χ1n) is 5.42. The van der Waals surface area contributed by atoms with Crippen molar-refractivity contribution in [2.45, 2.75) is 32.4 Å². The number of nitrogens with zero attached hydrogens (tertiary/aromatic N) is 1. The minimum absolute atomic E-state index is 0.244.